The number of amides is 1. The molecule has 0 spiro atoms. The van der Waals surface area contributed by atoms with Crippen molar-refractivity contribution >= 4 is 16.8 Å². The number of ether oxygens (including phenoxy) is 1. The van der Waals surface area contributed by atoms with Gasteiger partial charge < -0.3 is 19.7 Å². The molecule has 0 bridgehead atoms. The molecule has 2 N–H and O–H groups in total. The predicted molar refractivity (Wildman–Crippen MR) is 97.5 cm³/mol. The van der Waals surface area contributed by atoms with Crippen LogP contribution in [0.1, 0.15) is 18.6 Å². The molecule has 2 unspecified atom stereocenters. The first-order valence-corrected chi connectivity index (χ1v) is 8.24. The van der Waals surface area contributed by atoms with E-state index in [0.29, 0.717) is 0 Å². The molecule has 1 heterocycles. The molecule has 1 amide bonds. The van der Waals surface area contributed by atoms with Crippen molar-refractivity contribution in [3.63, 3.8) is 0 Å². The van der Waals surface area contributed by atoms with Crippen molar-refractivity contribution in [1.29, 1.82) is 0 Å². The molecule has 0 aliphatic rings. The molecule has 0 fully saturated rings. The number of nitrogens with one attached hydrogen (secondary N) is 1. The van der Waals surface area contributed by atoms with Gasteiger partial charge in [-0.3, -0.25) is 4.79 Å². The third-order valence-corrected chi connectivity index (χ3v) is 4.31. The van der Waals surface area contributed by atoms with Crippen molar-refractivity contribution in [2.45, 2.75) is 25.6 Å². The molecule has 0 saturated carbocycles. The van der Waals surface area contributed by atoms with E-state index >= 15 is 0 Å². The van der Waals surface area contributed by atoms with Crippen molar-refractivity contribution in [2.24, 2.45) is 0 Å². The highest BCUT2D eigenvalue weighted by Gasteiger charge is 2.19. The smallest absolute Gasteiger partial charge is 0.240 e. The minimum atomic E-state index is -0.781. The standard InChI is InChI=1S/C20H22N2O3/c1-14(20(24)16-7-9-17(25-2)10-8-16)21-19(23)13-22-12-11-15-5-3-4-6-18(15)22/h3-12,14,20,24H,13H2,1-2H3,(H,21,23). The van der Waals surface area contributed by atoms with Crippen molar-refractivity contribution in [3.8, 4) is 5.75 Å². The highest BCUT2D eigenvalue weighted by molar-refractivity contribution is 5.83. The van der Waals surface area contributed by atoms with Crippen LogP contribution < -0.4 is 10.1 Å². The number of aromatic nitrogens is 1. The van der Waals surface area contributed by atoms with Gasteiger partial charge in [-0.05, 0) is 42.1 Å². The SMILES string of the molecule is COc1ccc(C(O)C(C)NC(=O)Cn2ccc3ccccc32)cc1. The van der Waals surface area contributed by atoms with Crippen molar-refractivity contribution in [3.05, 3.63) is 66.4 Å². The Hall–Kier alpha value is -2.79. The lowest BCUT2D eigenvalue weighted by atomic mass is 10.0. The summed E-state index contributed by atoms with van der Waals surface area (Å²) in [5, 5.41) is 14.4. The molecule has 25 heavy (non-hydrogen) atoms. The minimum Gasteiger partial charge on any atom is -0.497 e. The number of hydrogen-bond donors (Lipinski definition) is 2. The number of fused-ring (bicyclic) bond motifs is 1. The van der Waals surface area contributed by atoms with Gasteiger partial charge in [-0.2, -0.15) is 0 Å². The van der Waals surface area contributed by atoms with Crippen LogP contribution in [0.25, 0.3) is 10.9 Å². The normalized spacial score (nSPS) is 13.4. The van der Waals surface area contributed by atoms with Crippen LogP contribution in [-0.4, -0.2) is 28.7 Å². The van der Waals surface area contributed by atoms with Gasteiger partial charge in [-0.1, -0.05) is 30.3 Å². The number of carbonyl (C=O) groups is 1. The van der Waals surface area contributed by atoms with E-state index in [-0.39, 0.29) is 12.5 Å². The van der Waals surface area contributed by atoms with E-state index < -0.39 is 12.1 Å². The number of carbonyl (C=O) groups excluding carboxylic acids is 1. The highest BCUT2D eigenvalue weighted by atomic mass is 16.5. The molecule has 5 heteroatoms. The lowest BCUT2D eigenvalue weighted by Crippen LogP contribution is -2.38. The average molecular weight is 338 g/mol. The number of aliphatic hydroxyl groups excluding tert-OH is 1. The van der Waals surface area contributed by atoms with Crippen LogP contribution in [0.15, 0.2) is 60.8 Å². The highest BCUT2D eigenvalue weighted by Crippen LogP contribution is 2.20. The van der Waals surface area contributed by atoms with Gasteiger partial charge in [0.1, 0.15) is 12.3 Å². The fourth-order valence-electron chi connectivity index (χ4n) is 2.90. The van der Waals surface area contributed by atoms with Gasteiger partial charge in [0.25, 0.3) is 0 Å². The molecular formula is C20H22N2O3. The number of nitrogens with zero attached hydrogens (tertiary/aromatic N) is 1. The summed E-state index contributed by atoms with van der Waals surface area (Å²) < 4.78 is 7.01. The zero-order valence-electron chi connectivity index (χ0n) is 14.3. The minimum absolute atomic E-state index is 0.138. The van der Waals surface area contributed by atoms with E-state index in [2.05, 4.69) is 5.32 Å². The molecule has 3 rings (SSSR count). The summed E-state index contributed by atoms with van der Waals surface area (Å²) in [5.41, 5.74) is 1.75. The summed E-state index contributed by atoms with van der Waals surface area (Å²) >= 11 is 0. The van der Waals surface area contributed by atoms with Crippen LogP contribution in [0.4, 0.5) is 0 Å². The third-order valence-electron chi connectivity index (χ3n) is 4.31. The van der Waals surface area contributed by atoms with Crippen molar-refractivity contribution in [2.75, 3.05) is 7.11 Å². The fraction of sp³-hybridized carbons (Fsp3) is 0.250. The second kappa shape index (κ2) is 7.40. The zero-order valence-corrected chi connectivity index (χ0v) is 14.3. The van der Waals surface area contributed by atoms with E-state index in [4.69, 9.17) is 4.74 Å². The van der Waals surface area contributed by atoms with E-state index in [0.717, 1.165) is 22.2 Å². The molecular weight excluding hydrogens is 316 g/mol. The summed E-state index contributed by atoms with van der Waals surface area (Å²) in [6.07, 6.45) is 1.12. The Morgan fingerprint density at radius 1 is 1.16 bits per heavy atom. The monoisotopic (exact) mass is 338 g/mol. The second-order valence-corrected chi connectivity index (χ2v) is 6.08. The quantitative estimate of drug-likeness (QED) is 0.726. The van der Waals surface area contributed by atoms with Crippen LogP contribution in [0.2, 0.25) is 0 Å². The Morgan fingerprint density at radius 2 is 1.88 bits per heavy atom. The maximum atomic E-state index is 12.3. The van der Waals surface area contributed by atoms with E-state index in [9.17, 15) is 9.90 Å². The van der Waals surface area contributed by atoms with Gasteiger partial charge in [0.05, 0.1) is 19.3 Å². The zero-order chi connectivity index (χ0) is 17.8. The first kappa shape index (κ1) is 17.0. The Balaban J connectivity index is 1.63. The fourth-order valence-corrected chi connectivity index (χ4v) is 2.90. The van der Waals surface area contributed by atoms with Crippen LogP contribution in [-0.2, 0) is 11.3 Å². The van der Waals surface area contributed by atoms with E-state index in [1.165, 1.54) is 0 Å². The van der Waals surface area contributed by atoms with Gasteiger partial charge in [0.2, 0.25) is 5.91 Å². The van der Waals surface area contributed by atoms with Gasteiger partial charge in [0, 0.05) is 11.7 Å². The van der Waals surface area contributed by atoms with Crippen LogP contribution in [0.5, 0.6) is 5.75 Å². The van der Waals surface area contributed by atoms with Gasteiger partial charge in [-0.25, -0.2) is 0 Å². The van der Waals surface area contributed by atoms with Crippen LogP contribution >= 0.6 is 0 Å². The maximum Gasteiger partial charge on any atom is 0.240 e. The number of benzene rings is 2. The van der Waals surface area contributed by atoms with Gasteiger partial charge in [-0.15, -0.1) is 0 Å². The summed E-state index contributed by atoms with van der Waals surface area (Å²) in [7, 11) is 1.60. The first-order chi connectivity index (χ1) is 12.1. The van der Waals surface area contributed by atoms with Gasteiger partial charge >= 0.3 is 0 Å². The number of aliphatic hydroxyl groups is 1. The first-order valence-electron chi connectivity index (χ1n) is 8.24. The van der Waals surface area contributed by atoms with E-state index in [1.54, 1.807) is 38.3 Å². The lowest BCUT2D eigenvalue weighted by molar-refractivity contribution is -0.123. The summed E-state index contributed by atoms with van der Waals surface area (Å²) in [6, 6.07) is 16.7. The molecule has 0 saturated heterocycles. The van der Waals surface area contributed by atoms with Gasteiger partial charge in [0.15, 0.2) is 0 Å². The summed E-state index contributed by atoms with van der Waals surface area (Å²) in [6.45, 7) is 2.01. The Kier molecular flexibility index (Phi) is 5.05. The second-order valence-electron chi connectivity index (χ2n) is 6.08. The number of methoxy groups -OCH3 is 1. The van der Waals surface area contributed by atoms with Crippen molar-refractivity contribution in [1.82, 2.24) is 9.88 Å². The molecule has 2 aromatic carbocycles. The Morgan fingerprint density at radius 3 is 2.60 bits per heavy atom. The molecule has 130 valence electrons. The number of para-hydroxylation sites is 1. The van der Waals surface area contributed by atoms with Crippen LogP contribution in [0.3, 0.4) is 0 Å². The lowest BCUT2D eigenvalue weighted by Gasteiger charge is -2.21. The Labute approximate surface area is 146 Å². The largest absolute Gasteiger partial charge is 0.497 e. The number of hydrogen-bond acceptors (Lipinski definition) is 3. The molecule has 0 aliphatic heterocycles. The molecule has 0 aliphatic carbocycles. The summed E-state index contributed by atoms with van der Waals surface area (Å²) in [5.74, 6) is 0.591. The van der Waals surface area contributed by atoms with Crippen LogP contribution in [0, 0.1) is 0 Å². The molecule has 0 radical (unpaired) electrons. The summed E-state index contributed by atoms with van der Waals surface area (Å²) in [4.78, 5) is 12.3. The molecule has 3 aromatic rings. The molecule has 5 nitrogen and oxygen atoms in total. The molecule has 2 atom stereocenters. The van der Waals surface area contributed by atoms with E-state index in [1.807, 2.05) is 41.1 Å². The molecule has 1 aromatic heterocycles. The predicted octanol–water partition coefficient (Wildman–Crippen LogP) is 2.89. The topological polar surface area (TPSA) is 63.5 Å². The van der Waals surface area contributed by atoms with Crippen molar-refractivity contribution < 1.29 is 14.6 Å². The maximum absolute atomic E-state index is 12.3. The average Bonchev–Trinajstić information content (AvgIpc) is 3.04. The Bertz CT molecular complexity index is 855. The third kappa shape index (κ3) is 3.83. The number of rotatable bonds is 6.